The van der Waals surface area contributed by atoms with Crippen molar-refractivity contribution in [2.24, 2.45) is 0 Å². The molecule has 114 valence electrons. The number of methoxy groups -OCH3 is 2. The molecule has 1 amide bonds. The number of nitrogens with zero attached hydrogens (tertiary/aromatic N) is 1. The van der Waals surface area contributed by atoms with Crippen LogP contribution in [0.15, 0.2) is 36.5 Å². The van der Waals surface area contributed by atoms with E-state index in [1.54, 1.807) is 12.1 Å². The van der Waals surface area contributed by atoms with E-state index < -0.39 is 11.9 Å². The Labute approximate surface area is 126 Å². The van der Waals surface area contributed by atoms with Crippen LogP contribution in [0.5, 0.6) is 11.5 Å². The van der Waals surface area contributed by atoms with E-state index >= 15 is 0 Å². The molecule has 0 bridgehead atoms. The highest BCUT2D eigenvalue weighted by Crippen LogP contribution is 2.33. The number of carboxylic acids is 1. The molecular weight excluding hydrogens is 288 g/mol. The van der Waals surface area contributed by atoms with Gasteiger partial charge in [-0.15, -0.1) is 0 Å². The van der Waals surface area contributed by atoms with Crippen molar-refractivity contribution in [2.45, 2.75) is 0 Å². The van der Waals surface area contributed by atoms with Crippen molar-refractivity contribution in [3.8, 4) is 11.5 Å². The molecule has 1 aromatic heterocycles. The minimum Gasteiger partial charge on any atom is -0.493 e. The molecule has 0 radical (unpaired) electrons. The Bertz CT molecular complexity index is 701. The second-order valence-corrected chi connectivity index (χ2v) is 4.23. The first kappa shape index (κ1) is 15.3. The van der Waals surface area contributed by atoms with Gasteiger partial charge in [0.2, 0.25) is 0 Å². The highest BCUT2D eigenvalue weighted by Gasteiger charge is 2.18. The van der Waals surface area contributed by atoms with Gasteiger partial charge < -0.3 is 19.9 Å². The highest BCUT2D eigenvalue weighted by atomic mass is 16.5. The molecule has 7 heteroatoms. The van der Waals surface area contributed by atoms with Gasteiger partial charge >= 0.3 is 5.97 Å². The van der Waals surface area contributed by atoms with Crippen LogP contribution >= 0.6 is 0 Å². The van der Waals surface area contributed by atoms with E-state index in [1.807, 2.05) is 0 Å². The lowest BCUT2D eigenvalue weighted by Crippen LogP contribution is -2.16. The first-order valence-electron chi connectivity index (χ1n) is 6.28. The van der Waals surface area contributed by atoms with Crippen molar-refractivity contribution < 1.29 is 24.2 Å². The van der Waals surface area contributed by atoms with E-state index in [0.717, 1.165) is 0 Å². The third-order valence-electron chi connectivity index (χ3n) is 2.90. The third kappa shape index (κ3) is 3.14. The van der Waals surface area contributed by atoms with Gasteiger partial charge in [0.1, 0.15) is 5.69 Å². The molecule has 0 aliphatic rings. The molecule has 2 rings (SSSR count). The summed E-state index contributed by atoms with van der Waals surface area (Å²) in [6.07, 6.45) is 1.47. The maximum Gasteiger partial charge on any atom is 0.337 e. The topological polar surface area (TPSA) is 97.8 Å². The molecule has 0 aliphatic heterocycles. The Balaban J connectivity index is 2.41. The standard InChI is InChI=1S/C15H14N2O5/c1-21-12-7-9(15(19)20)11(8-13(12)22-2)17-14(18)10-5-3-4-6-16-10/h3-8H,1-2H3,(H,17,18)(H,19,20). The number of rotatable bonds is 5. The summed E-state index contributed by atoms with van der Waals surface area (Å²) in [6.45, 7) is 0. The number of ether oxygens (including phenoxy) is 2. The fourth-order valence-electron chi connectivity index (χ4n) is 1.84. The summed E-state index contributed by atoms with van der Waals surface area (Å²) in [6, 6.07) is 7.54. The van der Waals surface area contributed by atoms with Crippen LogP contribution in [0.25, 0.3) is 0 Å². The number of nitrogens with one attached hydrogen (secondary N) is 1. The van der Waals surface area contributed by atoms with Gasteiger partial charge in [-0.05, 0) is 12.1 Å². The Morgan fingerprint density at radius 3 is 2.36 bits per heavy atom. The van der Waals surface area contributed by atoms with Crippen LogP contribution in [0, 0.1) is 0 Å². The van der Waals surface area contributed by atoms with E-state index in [0.29, 0.717) is 5.75 Å². The lowest BCUT2D eigenvalue weighted by atomic mass is 10.1. The molecule has 0 saturated carbocycles. The maximum absolute atomic E-state index is 12.1. The lowest BCUT2D eigenvalue weighted by molar-refractivity contribution is 0.0697. The van der Waals surface area contributed by atoms with Crippen molar-refractivity contribution in [3.05, 3.63) is 47.8 Å². The average Bonchev–Trinajstić information content (AvgIpc) is 2.54. The molecule has 1 aromatic carbocycles. The number of hydrogen-bond donors (Lipinski definition) is 2. The zero-order valence-corrected chi connectivity index (χ0v) is 12.0. The largest absolute Gasteiger partial charge is 0.493 e. The van der Waals surface area contributed by atoms with Gasteiger partial charge in [-0.25, -0.2) is 4.79 Å². The van der Waals surface area contributed by atoms with E-state index in [-0.39, 0.29) is 22.7 Å². The monoisotopic (exact) mass is 302 g/mol. The average molecular weight is 302 g/mol. The predicted molar refractivity (Wildman–Crippen MR) is 78.7 cm³/mol. The zero-order valence-electron chi connectivity index (χ0n) is 12.0. The van der Waals surface area contributed by atoms with Gasteiger partial charge in [0, 0.05) is 18.3 Å². The number of amides is 1. The molecule has 7 nitrogen and oxygen atoms in total. The minimum absolute atomic E-state index is 0.0980. The number of carbonyl (C=O) groups excluding carboxylic acids is 1. The summed E-state index contributed by atoms with van der Waals surface area (Å²) in [5, 5.41) is 11.8. The van der Waals surface area contributed by atoms with Crippen molar-refractivity contribution in [1.82, 2.24) is 4.98 Å². The minimum atomic E-state index is -1.20. The summed E-state index contributed by atoms with van der Waals surface area (Å²) >= 11 is 0. The van der Waals surface area contributed by atoms with Crippen LogP contribution in [0.4, 0.5) is 5.69 Å². The van der Waals surface area contributed by atoms with Crippen LogP contribution < -0.4 is 14.8 Å². The maximum atomic E-state index is 12.1. The number of benzene rings is 1. The van der Waals surface area contributed by atoms with Crippen LogP contribution in [0.2, 0.25) is 0 Å². The Morgan fingerprint density at radius 2 is 1.82 bits per heavy atom. The summed E-state index contributed by atoms with van der Waals surface area (Å²) in [7, 11) is 2.82. The van der Waals surface area contributed by atoms with Crippen LogP contribution in [0.3, 0.4) is 0 Å². The van der Waals surface area contributed by atoms with Crippen molar-refractivity contribution >= 4 is 17.6 Å². The lowest BCUT2D eigenvalue weighted by Gasteiger charge is -2.13. The molecule has 0 atom stereocenters. The zero-order chi connectivity index (χ0) is 16.1. The Kier molecular flexibility index (Phi) is 4.57. The molecule has 0 fully saturated rings. The molecule has 0 aliphatic carbocycles. The van der Waals surface area contributed by atoms with Crippen molar-refractivity contribution in [3.63, 3.8) is 0 Å². The van der Waals surface area contributed by atoms with Crippen molar-refractivity contribution in [2.75, 3.05) is 19.5 Å². The van der Waals surface area contributed by atoms with Crippen LogP contribution in [-0.4, -0.2) is 36.2 Å². The molecular formula is C15H14N2O5. The second kappa shape index (κ2) is 6.57. The number of anilines is 1. The van der Waals surface area contributed by atoms with Crippen LogP contribution in [-0.2, 0) is 0 Å². The highest BCUT2D eigenvalue weighted by molar-refractivity contribution is 6.07. The summed E-state index contributed by atoms with van der Waals surface area (Å²) in [5.74, 6) is -1.15. The Hall–Kier alpha value is -3.09. The fourth-order valence-corrected chi connectivity index (χ4v) is 1.84. The molecule has 0 saturated heterocycles. The summed E-state index contributed by atoms with van der Waals surface area (Å²) < 4.78 is 10.2. The van der Waals surface area contributed by atoms with E-state index in [2.05, 4.69) is 10.3 Å². The second-order valence-electron chi connectivity index (χ2n) is 4.23. The van der Waals surface area contributed by atoms with Gasteiger partial charge in [0.05, 0.1) is 25.5 Å². The predicted octanol–water partition coefficient (Wildman–Crippen LogP) is 2.05. The van der Waals surface area contributed by atoms with Gasteiger partial charge in [-0.3, -0.25) is 9.78 Å². The van der Waals surface area contributed by atoms with E-state index in [4.69, 9.17) is 9.47 Å². The molecule has 22 heavy (non-hydrogen) atoms. The number of pyridine rings is 1. The number of aromatic carboxylic acids is 1. The quantitative estimate of drug-likeness (QED) is 0.877. The SMILES string of the molecule is COc1cc(NC(=O)c2ccccn2)c(C(=O)O)cc1OC. The van der Waals surface area contributed by atoms with E-state index in [9.17, 15) is 14.7 Å². The molecule has 1 heterocycles. The Morgan fingerprint density at radius 1 is 1.14 bits per heavy atom. The van der Waals surface area contributed by atoms with Gasteiger partial charge in [-0.1, -0.05) is 6.07 Å². The normalized spacial score (nSPS) is 9.91. The third-order valence-corrected chi connectivity index (χ3v) is 2.90. The molecule has 2 aromatic rings. The molecule has 0 spiro atoms. The summed E-state index contributed by atoms with van der Waals surface area (Å²) in [5.41, 5.74) is 0.163. The summed E-state index contributed by atoms with van der Waals surface area (Å²) in [4.78, 5) is 27.4. The van der Waals surface area contributed by atoms with Gasteiger partial charge in [0.25, 0.3) is 5.91 Å². The van der Waals surface area contributed by atoms with Crippen molar-refractivity contribution in [1.29, 1.82) is 0 Å². The molecule has 2 N–H and O–H groups in total. The fraction of sp³-hybridized carbons (Fsp3) is 0.133. The first-order chi connectivity index (χ1) is 10.6. The number of carbonyl (C=O) groups is 2. The van der Waals surface area contributed by atoms with Gasteiger partial charge in [0.15, 0.2) is 11.5 Å². The first-order valence-corrected chi connectivity index (χ1v) is 6.28. The number of aromatic nitrogens is 1. The smallest absolute Gasteiger partial charge is 0.337 e. The van der Waals surface area contributed by atoms with Gasteiger partial charge in [-0.2, -0.15) is 0 Å². The van der Waals surface area contributed by atoms with Crippen LogP contribution in [0.1, 0.15) is 20.8 Å². The number of hydrogen-bond acceptors (Lipinski definition) is 5. The molecule has 0 unspecified atom stereocenters. The van der Waals surface area contributed by atoms with E-state index in [1.165, 1.54) is 38.6 Å². The number of carboxylic acid groups (broad SMARTS) is 1.